The molecule has 1 amide bonds. The Hall–Kier alpha value is -1.26. The highest BCUT2D eigenvalue weighted by molar-refractivity contribution is 5.82. The zero-order valence-corrected chi connectivity index (χ0v) is 13.6. The lowest BCUT2D eigenvalue weighted by Gasteiger charge is -2.22. The predicted molar refractivity (Wildman–Crippen MR) is 81.0 cm³/mol. The van der Waals surface area contributed by atoms with Gasteiger partial charge < -0.3 is 9.47 Å². The second-order valence-electron chi connectivity index (χ2n) is 6.02. The summed E-state index contributed by atoms with van der Waals surface area (Å²) in [6.07, 6.45) is 4.86. The third kappa shape index (κ3) is 6.36. The first kappa shape index (κ1) is 17.8. The van der Waals surface area contributed by atoms with Crippen molar-refractivity contribution in [3.8, 4) is 0 Å². The molecule has 1 atom stereocenters. The molecule has 0 spiro atoms. The van der Waals surface area contributed by atoms with Crippen molar-refractivity contribution in [2.75, 3.05) is 19.8 Å². The van der Waals surface area contributed by atoms with Crippen LogP contribution in [0.25, 0.3) is 0 Å². The van der Waals surface area contributed by atoms with Crippen molar-refractivity contribution < 1.29 is 19.1 Å². The van der Waals surface area contributed by atoms with E-state index in [-0.39, 0.29) is 12.1 Å². The normalized spacial score (nSPS) is 18.1. The van der Waals surface area contributed by atoms with Gasteiger partial charge in [0, 0.05) is 6.54 Å². The predicted octanol–water partition coefficient (Wildman–Crippen LogP) is 3.37. The summed E-state index contributed by atoms with van der Waals surface area (Å²) < 4.78 is 10.5. The number of esters is 1. The third-order valence-corrected chi connectivity index (χ3v) is 3.65. The molecule has 122 valence electrons. The maximum absolute atomic E-state index is 12.1. The Morgan fingerprint density at radius 1 is 1.19 bits per heavy atom. The number of carbonyl (C=O) groups excluding carboxylic acids is 2. The Bertz CT molecular complexity index is 330. The number of ether oxygens (including phenoxy) is 2. The molecule has 0 radical (unpaired) electrons. The smallest absolute Gasteiger partial charge is 0.410 e. The van der Waals surface area contributed by atoms with Gasteiger partial charge in [-0.1, -0.05) is 27.2 Å². The van der Waals surface area contributed by atoms with Crippen LogP contribution in [-0.4, -0.2) is 42.8 Å². The molecule has 1 heterocycles. The molecule has 0 aromatic heterocycles. The zero-order valence-electron chi connectivity index (χ0n) is 13.6. The summed E-state index contributed by atoms with van der Waals surface area (Å²) in [5.41, 5.74) is 0. The van der Waals surface area contributed by atoms with Crippen molar-refractivity contribution in [2.45, 2.75) is 65.3 Å². The van der Waals surface area contributed by atoms with Crippen LogP contribution in [0.1, 0.15) is 59.3 Å². The molecule has 0 N–H and O–H groups in total. The summed E-state index contributed by atoms with van der Waals surface area (Å²) in [6.45, 7) is 7.77. The minimum absolute atomic E-state index is 0.288. The van der Waals surface area contributed by atoms with E-state index in [4.69, 9.17) is 9.47 Å². The first-order chi connectivity index (χ1) is 10.1. The maximum atomic E-state index is 12.1. The maximum Gasteiger partial charge on any atom is 0.410 e. The molecule has 0 aromatic rings. The van der Waals surface area contributed by atoms with Gasteiger partial charge in [0.1, 0.15) is 6.04 Å². The van der Waals surface area contributed by atoms with Gasteiger partial charge in [-0.3, -0.25) is 4.90 Å². The second kappa shape index (κ2) is 9.64. The molecule has 0 aromatic carbocycles. The second-order valence-corrected chi connectivity index (χ2v) is 6.02. The third-order valence-electron chi connectivity index (χ3n) is 3.65. The summed E-state index contributed by atoms with van der Waals surface area (Å²) in [6, 6.07) is -0.460. The van der Waals surface area contributed by atoms with E-state index in [2.05, 4.69) is 13.8 Å². The van der Waals surface area contributed by atoms with Crippen LogP contribution < -0.4 is 0 Å². The lowest BCUT2D eigenvalue weighted by molar-refractivity contribution is -0.148. The number of nitrogens with zero attached hydrogens (tertiary/aromatic N) is 1. The van der Waals surface area contributed by atoms with Crippen molar-refractivity contribution in [3.05, 3.63) is 0 Å². The number of amides is 1. The average Bonchev–Trinajstić information content (AvgIpc) is 2.92. The molecule has 1 rings (SSSR count). The molecule has 5 heteroatoms. The molecule has 1 fully saturated rings. The SMILES string of the molecule is CCCCOC(=O)N1CCCC1C(=O)OCCCC(C)C. The van der Waals surface area contributed by atoms with Gasteiger partial charge in [0.15, 0.2) is 0 Å². The molecule has 1 aliphatic heterocycles. The highest BCUT2D eigenvalue weighted by Gasteiger charge is 2.36. The summed E-state index contributed by atoms with van der Waals surface area (Å²) in [5.74, 6) is 0.323. The van der Waals surface area contributed by atoms with E-state index < -0.39 is 6.04 Å². The van der Waals surface area contributed by atoms with Crippen LogP contribution in [0.15, 0.2) is 0 Å². The van der Waals surface area contributed by atoms with Gasteiger partial charge in [0.05, 0.1) is 13.2 Å². The van der Waals surface area contributed by atoms with E-state index in [1.165, 1.54) is 4.90 Å². The Labute approximate surface area is 128 Å². The van der Waals surface area contributed by atoms with Gasteiger partial charge >= 0.3 is 12.1 Å². The van der Waals surface area contributed by atoms with Gasteiger partial charge in [0.25, 0.3) is 0 Å². The molecule has 1 aliphatic rings. The van der Waals surface area contributed by atoms with E-state index >= 15 is 0 Å². The standard InChI is InChI=1S/C16H29NO4/c1-4-5-11-21-16(19)17-10-6-9-14(17)15(18)20-12-7-8-13(2)3/h13-14H,4-12H2,1-3H3. The topological polar surface area (TPSA) is 55.8 Å². The Morgan fingerprint density at radius 3 is 2.57 bits per heavy atom. The number of unbranched alkanes of at least 4 members (excludes halogenated alkanes) is 1. The summed E-state index contributed by atoms with van der Waals surface area (Å²) >= 11 is 0. The Balaban J connectivity index is 2.34. The lowest BCUT2D eigenvalue weighted by atomic mass is 10.1. The van der Waals surface area contributed by atoms with Crippen LogP contribution in [0.5, 0.6) is 0 Å². The van der Waals surface area contributed by atoms with Crippen LogP contribution in [0.4, 0.5) is 4.79 Å². The van der Waals surface area contributed by atoms with Gasteiger partial charge in [-0.25, -0.2) is 9.59 Å². The molecular formula is C16H29NO4. The molecule has 1 saturated heterocycles. The van der Waals surface area contributed by atoms with E-state index in [0.717, 1.165) is 32.1 Å². The van der Waals surface area contributed by atoms with Crippen LogP contribution >= 0.6 is 0 Å². The van der Waals surface area contributed by atoms with Crippen LogP contribution in [0, 0.1) is 5.92 Å². The van der Waals surface area contributed by atoms with Gasteiger partial charge in [-0.2, -0.15) is 0 Å². The minimum Gasteiger partial charge on any atom is -0.464 e. The monoisotopic (exact) mass is 299 g/mol. The van der Waals surface area contributed by atoms with Gasteiger partial charge in [-0.15, -0.1) is 0 Å². The van der Waals surface area contributed by atoms with Crippen molar-refractivity contribution >= 4 is 12.1 Å². The van der Waals surface area contributed by atoms with Crippen LogP contribution in [0.2, 0.25) is 0 Å². The number of hydrogen-bond acceptors (Lipinski definition) is 4. The lowest BCUT2D eigenvalue weighted by Crippen LogP contribution is -2.41. The Morgan fingerprint density at radius 2 is 1.90 bits per heavy atom. The summed E-state index contributed by atoms with van der Waals surface area (Å²) in [5, 5.41) is 0. The highest BCUT2D eigenvalue weighted by Crippen LogP contribution is 2.20. The first-order valence-corrected chi connectivity index (χ1v) is 8.16. The van der Waals surface area contributed by atoms with Crippen LogP contribution in [-0.2, 0) is 14.3 Å². The van der Waals surface area contributed by atoms with Crippen molar-refractivity contribution in [2.24, 2.45) is 5.92 Å². The minimum atomic E-state index is -0.460. The molecular weight excluding hydrogens is 270 g/mol. The fourth-order valence-corrected chi connectivity index (χ4v) is 2.38. The van der Waals surface area contributed by atoms with Crippen molar-refractivity contribution in [1.29, 1.82) is 0 Å². The number of rotatable bonds is 8. The van der Waals surface area contributed by atoms with E-state index in [1.54, 1.807) is 0 Å². The fourth-order valence-electron chi connectivity index (χ4n) is 2.38. The summed E-state index contributed by atoms with van der Waals surface area (Å²) in [7, 11) is 0. The van der Waals surface area contributed by atoms with E-state index in [0.29, 0.717) is 32.1 Å². The number of carbonyl (C=O) groups is 2. The zero-order chi connectivity index (χ0) is 15.7. The number of likely N-dealkylation sites (tertiary alicyclic amines) is 1. The van der Waals surface area contributed by atoms with Crippen molar-refractivity contribution in [1.82, 2.24) is 4.90 Å². The van der Waals surface area contributed by atoms with Crippen molar-refractivity contribution in [3.63, 3.8) is 0 Å². The molecule has 1 unspecified atom stereocenters. The summed E-state index contributed by atoms with van der Waals surface area (Å²) in [4.78, 5) is 25.5. The fraction of sp³-hybridized carbons (Fsp3) is 0.875. The van der Waals surface area contributed by atoms with Gasteiger partial charge in [-0.05, 0) is 38.0 Å². The van der Waals surface area contributed by atoms with E-state index in [1.807, 2.05) is 6.92 Å². The molecule has 0 bridgehead atoms. The quantitative estimate of drug-likeness (QED) is 0.509. The molecule has 5 nitrogen and oxygen atoms in total. The molecule has 21 heavy (non-hydrogen) atoms. The highest BCUT2D eigenvalue weighted by atomic mass is 16.6. The number of hydrogen-bond donors (Lipinski definition) is 0. The average molecular weight is 299 g/mol. The first-order valence-electron chi connectivity index (χ1n) is 8.16. The largest absolute Gasteiger partial charge is 0.464 e. The molecule has 0 saturated carbocycles. The van der Waals surface area contributed by atoms with Crippen LogP contribution in [0.3, 0.4) is 0 Å². The molecule has 0 aliphatic carbocycles. The Kier molecular flexibility index (Phi) is 8.16. The van der Waals surface area contributed by atoms with Gasteiger partial charge in [0.2, 0.25) is 0 Å². The van der Waals surface area contributed by atoms with E-state index in [9.17, 15) is 9.59 Å².